The van der Waals surface area contributed by atoms with E-state index < -0.39 is 0 Å². The highest BCUT2D eigenvalue weighted by molar-refractivity contribution is 8.00. The first-order chi connectivity index (χ1) is 12.1. The summed E-state index contributed by atoms with van der Waals surface area (Å²) in [5, 5.41) is 14.5. The molecule has 25 heavy (non-hydrogen) atoms. The first-order valence-electron chi connectivity index (χ1n) is 7.65. The normalized spacial score (nSPS) is 11.9. The fourth-order valence-electron chi connectivity index (χ4n) is 2.04. The third-order valence-corrected chi connectivity index (χ3v) is 5.56. The van der Waals surface area contributed by atoms with Gasteiger partial charge >= 0.3 is 0 Å². The van der Waals surface area contributed by atoms with Crippen molar-refractivity contribution in [3.8, 4) is 0 Å². The Labute approximate surface area is 154 Å². The molecule has 0 unspecified atom stereocenters. The molecule has 0 spiro atoms. The summed E-state index contributed by atoms with van der Waals surface area (Å²) in [6, 6.07) is 17.8. The molecule has 1 atom stereocenters. The van der Waals surface area contributed by atoms with Gasteiger partial charge < -0.3 is 5.32 Å². The van der Waals surface area contributed by atoms with Crippen molar-refractivity contribution in [2.45, 2.75) is 27.1 Å². The molecule has 0 radical (unpaired) electrons. The number of aromatic nitrogens is 4. The maximum absolute atomic E-state index is 12.5. The van der Waals surface area contributed by atoms with Gasteiger partial charge in [0.2, 0.25) is 11.1 Å². The Morgan fingerprint density at radius 1 is 1.12 bits per heavy atom. The minimum absolute atomic E-state index is 0.0888. The molecule has 8 heteroatoms. The average Bonchev–Trinajstić information content (AvgIpc) is 3.02. The molecule has 0 aliphatic carbocycles. The number of aryl methyl sites for hydroxylation is 1. The highest BCUT2D eigenvalue weighted by atomic mass is 32.2. The van der Waals surface area contributed by atoms with Crippen LogP contribution in [-0.2, 0) is 11.8 Å². The van der Waals surface area contributed by atoms with Gasteiger partial charge in [-0.1, -0.05) is 53.9 Å². The molecule has 3 rings (SSSR count). The number of hydrogen-bond donors (Lipinski definition) is 1. The van der Waals surface area contributed by atoms with E-state index in [-0.39, 0.29) is 11.2 Å². The smallest absolute Gasteiger partial charge is 0.237 e. The second-order valence-electron chi connectivity index (χ2n) is 5.25. The summed E-state index contributed by atoms with van der Waals surface area (Å²) in [4.78, 5) is 14.7. The Hall–Kier alpha value is -2.32. The van der Waals surface area contributed by atoms with Crippen LogP contribution < -0.4 is 5.32 Å². The first kappa shape index (κ1) is 17.5. The van der Waals surface area contributed by atoms with Crippen LogP contribution in [0, 0.1) is 0 Å². The fraction of sp³-hybridized carbons (Fsp3) is 0.176. The van der Waals surface area contributed by atoms with Crippen LogP contribution in [0.2, 0.25) is 0 Å². The molecule has 0 aliphatic heterocycles. The Morgan fingerprint density at radius 2 is 1.84 bits per heavy atom. The van der Waals surface area contributed by atoms with Gasteiger partial charge in [-0.15, -0.1) is 5.10 Å². The van der Waals surface area contributed by atoms with E-state index in [9.17, 15) is 4.79 Å². The minimum Gasteiger partial charge on any atom is -0.324 e. The van der Waals surface area contributed by atoms with Gasteiger partial charge in [-0.3, -0.25) is 4.79 Å². The third-order valence-electron chi connectivity index (χ3n) is 3.35. The zero-order valence-electron chi connectivity index (χ0n) is 13.8. The summed E-state index contributed by atoms with van der Waals surface area (Å²) >= 11 is 2.94. The summed E-state index contributed by atoms with van der Waals surface area (Å²) in [5.74, 6) is -0.0888. The van der Waals surface area contributed by atoms with Crippen LogP contribution in [0.3, 0.4) is 0 Å². The number of rotatable bonds is 6. The van der Waals surface area contributed by atoms with Crippen molar-refractivity contribution >= 4 is 35.1 Å². The average molecular weight is 371 g/mol. The van der Waals surface area contributed by atoms with Crippen molar-refractivity contribution in [3.05, 3.63) is 54.6 Å². The van der Waals surface area contributed by atoms with Crippen LogP contribution in [0.25, 0.3) is 0 Å². The van der Waals surface area contributed by atoms with E-state index in [4.69, 9.17) is 0 Å². The number of carbonyl (C=O) groups is 1. The second kappa shape index (κ2) is 8.17. The zero-order chi connectivity index (χ0) is 17.6. The van der Waals surface area contributed by atoms with E-state index in [0.717, 1.165) is 15.5 Å². The number of anilines is 1. The van der Waals surface area contributed by atoms with Gasteiger partial charge in [-0.2, -0.15) is 0 Å². The van der Waals surface area contributed by atoms with E-state index in [2.05, 4.69) is 20.8 Å². The molecule has 1 aromatic heterocycles. The molecule has 1 heterocycles. The summed E-state index contributed by atoms with van der Waals surface area (Å²) in [5.41, 5.74) is 0.796. The number of tetrazole rings is 1. The van der Waals surface area contributed by atoms with Gasteiger partial charge in [-0.05, 0) is 41.6 Å². The number of thioether (sulfide) groups is 1. The maximum atomic E-state index is 12.5. The predicted molar refractivity (Wildman–Crippen MR) is 99.8 cm³/mol. The van der Waals surface area contributed by atoms with Crippen LogP contribution in [0.1, 0.15) is 6.92 Å². The summed E-state index contributed by atoms with van der Waals surface area (Å²) in [6.07, 6.45) is 0. The molecule has 0 fully saturated rings. The monoisotopic (exact) mass is 371 g/mol. The Kier molecular flexibility index (Phi) is 5.72. The van der Waals surface area contributed by atoms with Crippen LogP contribution in [-0.4, -0.2) is 31.4 Å². The number of benzene rings is 2. The standard InChI is InChI=1S/C17H17N5OS2/c1-12(24-17-19-20-21-22(17)2)16(23)18-14-10-6-7-11-15(14)25-13-8-4-3-5-9-13/h3-12H,1-2H3,(H,18,23)/t12-/m0/s1. The lowest BCUT2D eigenvalue weighted by molar-refractivity contribution is -0.115. The molecule has 0 saturated carbocycles. The minimum atomic E-state index is -0.320. The van der Waals surface area contributed by atoms with E-state index in [1.165, 1.54) is 11.8 Å². The molecule has 3 aromatic rings. The van der Waals surface area contributed by atoms with Crippen LogP contribution in [0.4, 0.5) is 5.69 Å². The predicted octanol–water partition coefficient (Wildman–Crippen LogP) is 3.48. The van der Waals surface area contributed by atoms with Gasteiger partial charge in [0.15, 0.2) is 0 Å². The number of nitrogens with zero attached hydrogens (tertiary/aromatic N) is 4. The fourth-order valence-corrected chi connectivity index (χ4v) is 3.72. The first-order valence-corrected chi connectivity index (χ1v) is 9.35. The van der Waals surface area contributed by atoms with Crippen molar-refractivity contribution in [1.29, 1.82) is 0 Å². The molecule has 0 aliphatic rings. The molecule has 6 nitrogen and oxygen atoms in total. The molecular formula is C17H17N5OS2. The SMILES string of the molecule is C[C@H](Sc1nnnn1C)C(=O)Nc1ccccc1Sc1ccccc1. The molecule has 0 saturated heterocycles. The van der Waals surface area contributed by atoms with Crippen molar-refractivity contribution in [1.82, 2.24) is 20.2 Å². The van der Waals surface area contributed by atoms with Crippen molar-refractivity contribution in [2.75, 3.05) is 5.32 Å². The lowest BCUT2D eigenvalue weighted by Crippen LogP contribution is -2.23. The van der Waals surface area contributed by atoms with Crippen LogP contribution in [0.5, 0.6) is 0 Å². The van der Waals surface area contributed by atoms with E-state index >= 15 is 0 Å². The summed E-state index contributed by atoms with van der Waals surface area (Å²) in [6.45, 7) is 1.83. The Morgan fingerprint density at radius 3 is 2.56 bits per heavy atom. The highest BCUT2D eigenvalue weighted by Gasteiger charge is 2.18. The Balaban J connectivity index is 1.70. The molecular weight excluding hydrogens is 354 g/mol. The molecule has 0 bridgehead atoms. The quantitative estimate of drug-likeness (QED) is 0.669. The highest BCUT2D eigenvalue weighted by Crippen LogP contribution is 2.33. The van der Waals surface area contributed by atoms with E-state index in [1.54, 1.807) is 23.5 Å². The molecule has 2 aromatic carbocycles. The summed E-state index contributed by atoms with van der Waals surface area (Å²) in [7, 11) is 1.75. The number of nitrogens with one attached hydrogen (secondary N) is 1. The zero-order valence-corrected chi connectivity index (χ0v) is 15.4. The largest absolute Gasteiger partial charge is 0.324 e. The molecule has 1 amide bonds. The van der Waals surface area contributed by atoms with E-state index in [1.807, 2.05) is 61.5 Å². The van der Waals surface area contributed by atoms with Gasteiger partial charge in [0.1, 0.15) is 0 Å². The third kappa shape index (κ3) is 4.61. The van der Waals surface area contributed by atoms with Crippen molar-refractivity contribution < 1.29 is 4.79 Å². The van der Waals surface area contributed by atoms with Crippen LogP contribution in [0.15, 0.2) is 69.5 Å². The second-order valence-corrected chi connectivity index (χ2v) is 7.67. The lowest BCUT2D eigenvalue weighted by atomic mass is 10.3. The maximum Gasteiger partial charge on any atom is 0.237 e. The van der Waals surface area contributed by atoms with Crippen molar-refractivity contribution in [2.24, 2.45) is 7.05 Å². The Bertz CT molecular complexity index is 853. The molecule has 1 N–H and O–H groups in total. The topological polar surface area (TPSA) is 72.7 Å². The summed E-state index contributed by atoms with van der Waals surface area (Å²) < 4.78 is 1.55. The van der Waals surface area contributed by atoms with Crippen molar-refractivity contribution in [3.63, 3.8) is 0 Å². The van der Waals surface area contributed by atoms with Gasteiger partial charge in [0, 0.05) is 16.8 Å². The van der Waals surface area contributed by atoms with Crippen LogP contribution >= 0.6 is 23.5 Å². The number of para-hydroxylation sites is 1. The molecule has 128 valence electrons. The van der Waals surface area contributed by atoms with Gasteiger partial charge in [-0.25, -0.2) is 4.68 Å². The van der Waals surface area contributed by atoms with Gasteiger partial charge in [0.25, 0.3) is 0 Å². The van der Waals surface area contributed by atoms with E-state index in [0.29, 0.717) is 5.16 Å². The lowest BCUT2D eigenvalue weighted by Gasteiger charge is -2.14. The number of hydrogen-bond acceptors (Lipinski definition) is 6. The number of carbonyl (C=O) groups excluding carboxylic acids is 1. The number of amides is 1. The van der Waals surface area contributed by atoms with Gasteiger partial charge in [0.05, 0.1) is 10.9 Å².